The highest BCUT2D eigenvalue weighted by atomic mass is 16.5. The van der Waals surface area contributed by atoms with Gasteiger partial charge < -0.3 is 19.9 Å². The highest BCUT2D eigenvalue weighted by Crippen LogP contribution is 2.27. The maximum absolute atomic E-state index is 12.9. The van der Waals surface area contributed by atoms with E-state index in [0.717, 1.165) is 48.7 Å². The number of morpholine rings is 1. The van der Waals surface area contributed by atoms with E-state index in [4.69, 9.17) is 4.74 Å². The van der Waals surface area contributed by atoms with Crippen molar-refractivity contribution >= 4 is 11.6 Å². The van der Waals surface area contributed by atoms with Crippen LogP contribution in [0.25, 0.3) is 22.6 Å². The van der Waals surface area contributed by atoms with E-state index < -0.39 is 0 Å². The van der Waals surface area contributed by atoms with Crippen LogP contribution in [0.5, 0.6) is 0 Å². The lowest BCUT2D eigenvalue weighted by Gasteiger charge is -2.28. The van der Waals surface area contributed by atoms with E-state index in [2.05, 4.69) is 36.2 Å². The largest absolute Gasteiger partial charge is 0.378 e. The van der Waals surface area contributed by atoms with E-state index in [1.807, 2.05) is 68.7 Å². The van der Waals surface area contributed by atoms with Gasteiger partial charge in [0.2, 0.25) is 0 Å². The summed E-state index contributed by atoms with van der Waals surface area (Å²) in [5.74, 6) is 0.332. The predicted molar refractivity (Wildman–Crippen MR) is 135 cm³/mol. The third kappa shape index (κ3) is 5.07. The van der Waals surface area contributed by atoms with E-state index in [0.29, 0.717) is 22.9 Å². The zero-order valence-electron chi connectivity index (χ0n) is 19.9. The third-order valence-corrected chi connectivity index (χ3v) is 6.18. The molecule has 35 heavy (non-hydrogen) atoms. The normalized spacial score (nSPS) is 14.5. The summed E-state index contributed by atoms with van der Waals surface area (Å²) in [6.07, 6.45) is 5.48. The first-order valence-electron chi connectivity index (χ1n) is 11.8. The van der Waals surface area contributed by atoms with Crippen LogP contribution >= 0.6 is 0 Å². The van der Waals surface area contributed by atoms with E-state index in [-0.39, 0.29) is 11.9 Å². The molecule has 1 fully saturated rings. The first-order chi connectivity index (χ1) is 17.1. The van der Waals surface area contributed by atoms with Crippen molar-refractivity contribution in [3.63, 3.8) is 0 Å². The molecule has 0 saturated carbocycles. The summed E-state index contributed by atoms with van der Waals surface area (Å²) >= 11 is 0. The fraction of sp³-hybridized carbons (Fsp3) is 0.259. The molecule has 8 nitrogen and oxygen atoms in total. The molecule has 0 unspecified atom stereocenters. The Kier molecular flexibility index (Phi) is 6.54. The number of imidazole rings is 1. The lowest BCUT2D eigenvalue weighted by atomic mass is 10.1. The predicted octanol–water partition coefficient (Wildman–Crippen LogP) is 4.17. The molecule has 0 radical (unpaired) electrons. The summed E-state index contributed by atoms with van der Waals surface area (Å²) in [4.78, 5) is 32.0. The van der Waals surface area contributed by atoms with E-state index in [1.54, 1.807) is 6.20 Å². The van der Waals surface area contributed by atoms with Crippen LogP contribution in [0.4, 0.5) is 5.69 Å². The second-order valence-corrected chi connectivity index (χ2v) is 8.63. The Morgan fingerprint density at radius 3 is 2.69 bits per heavy atom. The fourth-order valence-corrected chi connectivity index (χ4v) is 4.21. The first kappa shape index (κ1) is 22.7. The summed E-state index contributed by atoms with van der Waals surface area (Å²) in [6.45, 7) is 6.96. The molecule has 4 aromatic rings. The van der Waals surface area contributed by atoms with Crippen molar-refractivity contribution in [3.8, 4) is 22.6 Å². The lowest BCUT2D eigenvalue weighted by molar-refractivity contribution is 0.0934. The Bertz CT molecular complexity index is 1310. The number of aromatic amines is 1. The SMILES string of the molecule is Cc1[nH]c(-c2cc(-c3cncc(N4CCOCC4)c3)ccn2)nc1C(=O)N[C@@H](C)c1ccccc1. The maximum atomic E-state index is 12.9. The van der Waals surface area contributed by atoms with Gasteiger partial charge in [0, 0.05) is 36.7 Å². The number of aryl methyl sites for hydroxylation is 1. The van der Waals surface area contributed by atoms with Crippen LogP contribution in [0.2, 0.25) is 0 Å². The molecule has 3 aromatic heterocycles. The number of carbonyl (C=O) groups excluding carboxylic acids is 1. The van der Waals surface area contributed by atoms with Crippen LogP contribution in [-0.2, 0) is 4.74 Å². The molecule has 2 N–H and O–H groups in total. The smallest absolute Gasteiger partial charge is 0.272 e. The lowest BCUT2D eigenvalue weighted by Crippen LogP contribution is -2.36. The minimum absolute atomic E-state index is 0.129. The van der Waals surface area contributed by atoms with Crippen molar-refractivity contribution in [2.75, 3.05) is 31.2 Å². The maximum Gasteiger partial charge on any atom is 0.272 e. The second-order valence-electron chi connectivity index (χ2n) is 8.63. The molecule has 1 atom stereocenters. The van der Waals surface area contributed by atoms with Crippen molar-refractivity contribution in [1.29, 1.82) is 0 Å². The van der Waals surface area contributed by atoms with Crippen LogP contribution in [0.15, 0.2) is 67.1 Å². The number of amides is 1. The molecule has 1 aliphatic rings. The molecule has 1 saturated heterocycles. The molecule has 4 heterocycles. The number of nitrogens with one attached hydrogen (secondary N) is 2. The van der Waals surface area contributed by atoms with Crippen LogP contribution in [0.3, 0.4) is 0 Å². The molecule has 1 aliphatic heterocycles. The number of carbonyl (C=O) groups is 1. The number of aromatic nitrogens is 4. The van der Waals surface area contributed by atoms with Gasteiger partial charge >= 0.3 is 0 Å². The summed E-state index contributed by atoms with van der Waals surface area (Å²) in [7, 11) is 0. The van der Waals surface area contributed by atoms with Crippen LogP contribution < -0.4 is 10.2 Å². The Morgan fingerprint density at radius 1 is 1.09 bits per heavy atom. The van der Waals surface area contributed by atoms with Gasteiger partial charge in [-0.05, 0) is 43.2 Å². The Hall–Kier alpha value is -4.04. The van der Waals surface area contributed by atoms with Crippen molar-refractivity contribution < 1.29 is 9.53 Å². The number of ether oxygens (including phenoxy) is 1. The molecule has 1 aromatic carbocycles. The second kappa shape index (κ2) is 10.1. The van der Waals surface area contributed by atoms with Crippen molar-refractivity contribution in [1.82, 2.24) is 25.3 Å². The summed E-state index contributed by atoms with van der Waals surface area (Å²) in [5, 5.41) is 3.03. The fourth-order valence-electron chi connectivity index (χ4n) is 4.21. The Labute approximate surface area is 204 Å². The Morgan fingerprint density at radius 2 is 1.89 bits per heavy atom. The minimum Gasteiger partial charge on any atom is -0.378 e. The number of rotatable bonds is 6. The standard InChI is InChI=1S/C27H28N6O2/c1-18(20-6-4-3-5-7-20)31-27(34)25-19(2)30-26(32-25)24-15-21(8-9-29-24)22-14-23(17-28-16-22)33-10-12-35-13-11-33/h3-9,14-18H,10-13H2,1-2H3,(H,30,32)(H,31,34)/t18-/m0/s1. The van der Waals surface area contributed by atoms with Gasteiger partial charge in [-0.3, -0.25) is 14.8 Å². The van der Waals surface area contributed by atoms with Crippen molar-refractivity contribution in [2.45, 2.75) is 19.9 Å². The molecule has 178 valence electrons. The number of pyridine rings is 2. The molecular weight excluding hydrogens is 440 g/mol. The Balaban J connectivity index is 1.36. The van der Waals surface area contributed by atoms with E-state index in [9.17, 15) is 4.79 Å². The molecule has 0 bridgehead atoms. The number of hydrogen-bond donors (Lipinski definition) is 2. The van der Waals surface area contributed by atoms with E-state index in [1.165, 1.54) is 0 Å². The quantitative estimate of drug-likeness (QED) is 0.441. The van der Waals surface area contributed by atoms with Gasteiger partial charge in [0.05, 0.1) is 31.1 Å². The van der Waals surface area contributed by atoms with Crippen LogP contribution in [-0.4, -0.2) is 52.1 Å². The zero-order valence-corrected chi connectivity index (χ0v) is 19.9. The van der Waals surface area contributed by atoms with Crippen LogP contribution in [0, 0.1) is 6.92 Å². The summed E-state index contributed by atoms with van der Waals surface area (Å²) in [6, 6.07) is 15.8. The number of H-pyrrole nitrogens is 1. The van der Waals surface area contributed by atoms with Gasteiger partial charge in [0.1, 0.15) is 11.4 Å². The molecule has 5 rings (SSSR count). The molecule has 1 amide bonds. The molecular formula is C27H28N6O2. The average molecular weight is 469 g/mol. The highest BCUT2D eigenvalue weighted by molar-refractivity contribution is 5.94. The highest BCUT2D eigenvalue weighted by Gasteiger charge is 2.19. The van der Waals surface area contributed by atoms with Gasteiger partial charge in [-0.2, -0.15) is 0 Å². The molecule has 0 spiro atoms. The topological polar surface area (TPSA) is 96.0 Å². The van der Waals surface area contributed by atoms with Crippen molar-refractivity contribution in [2.24, 2.45) is 0 Å². The molecule has 8 heteroatoms. The number of hydrogen-bond acceptors (Lipinski definition) is 6. The van der Waals surface area contributed by atoms with Gasteiger partial charge in [-0.15, -0.1) is 0 Å². The van der Waals surface area contributed by atoms with Crippen molar-refractivity contribution in [3.05, 3.63) is 84.1 Å². The summed E-state index contributed by atoms with van der Waals surface area (Å²) in [5.41, 5.74) is 5.82. The first-order valence-corrected chi connectivity index (χ1v) is 11.8. The van der Waals surface area contributed by atoms with E-state index >= 15 is 0 Å². The average Bonchev–Trinajstić information content (AvgIpc) is 3.31. The van der Waals surface area contributed by atoms with Gasteiger partial charge in [0.25, 0.3) is 5.91 Å². The third-order valence-electron chi connectivity index (χ3n) is 6.18. The van der Waals surface area contributed by atoms with Gasteiger partial charge in [-0.1, -0.05) is 30.3 Å². The van der Waals surface area contributed by atoms with Crippen LogP contribution in [0.1, 0.15) is 34.7 Å². The summed E-state index contributed by atoms with van der Waals surface area (Å²) < 4.78 is 5.46. The zero-order chi connectivity index (χ0) is 24.2. The van der Waals surface area contributed by atoms with Gasteiger partial charge in [-0.25, -0.2) is 4.98 Å². The number of nitrogens with zero attached hydrogens (tertiary/aromatic N) is 4. The number of benzene rings is 1. The molecule has 0 aliphatic carbocycles. The number of anilines is 1. The van der Waals surface area contributed by atoms with Gasteiger partial charge in [0.15, 0.2) is 5.82 Å². The monoisotopic (exact) mass is 468 g/mol. The minimum atomic E-state index is -0.222.